The Hall–Kier alpha value is -3.43. The quantitative estimate of drug-likeness (QED) is 0.255. The first-order valence-electron chi connectivity index (χ1n) is 11.8. The van der Waals surface area contributed by atoms with E-state index in [1.807, 2.05) is 0 Å². The lowest BCUT2D eigenvalue weighted by atomic mass is 10.1. The topological polar surface area (TPSA) is 77.0 Å². The number of carboxylic acid groups (broad SMARTS) is 1. The summed E-state index contributed by atoms with van der Waals surface area (Å²) in [5, 5.41) is 13.3. The van der Waals surface area contributed by atoms with Gasteiger partial charge in [-0.15, -0.1) is 0 Å². The van der Waals surface area contributed by atoms with Crippen LogP contribution in [0, 0.1) is 0 Å². The molecule has 0 aliphatic carbocycles. The van der Waals surface area contributed by atoms with Crippen molar-refractivity contribution >= 4 is 17.6 Å². The van der Waals surface area contributed by atoms with E-state index in [9.17, 15) is 23.1 Å². The molecule has 0 aliphatic heterocycles. The number of alkyl halides is 3. The van der Waals surface area contributed by atoms with Crippen molar-refractivity contribution in [3.05, 3.63) is 88.9 Å². The van der Waals surface area contributed by atoms with Gasteiger partial charge in [-0.25, -0.2) is 4.79 Å². The lowest BCUT2D eigenvalue weighted by Gasteiger charge is -2.17. The van der Waals surface area contributed by atoms with Gasteiger partial charge in [-0.1, -0.05) is 57.5 Å². The Morgan fingerprint density at radius 1 is 0.868 bits per heavy atom. The van der Waals surface area contributed by atoms with Gasteiger partial charge in [-0.3, -0.25) is 0 Å². The zero-order valence-electron chi connectivity index (χ0n) is 21.5. The third-order valence-corrected chi connectivity index (χ3v) is 5.01. The molecule has 3 aromatic rings. The van der Waals surface area contributed by atoms with Gasteiger partial charge in [0.1, 0.15) is 17.2 Å². The average molecular weight is 554 g/mol. The minimum Gasteiger partial charge on any atom is -0.478 e. The fourth-order valence-corrected chi connectivity index (χ4v) is 3.37. The zero-order valence-corrected chi connectivity index (χ0v) is 22.2. The van der Waals surface area contributed by atoms with Crippen LogP contribution in [0.2, 0.25) is 5.02 Å². The Balaban J connectivity index is 0.000000638. The molecule has 0 bridgehead atoms. The van der Waals surface area contributed by atoms with Crippen LogP contribution in [0.15, 0.2) is 72.8 Å². The Labute approximate surface area is 225 Å². The van der Waals surface area contributed by atoms with E-state index in [1.54, 1.807) is 24.3 Å². The predicted octanol–water partition coefficient (Wildman–Crippen LogP) is 7.37. The maximum atomic E-state index is 12.9. The molecule has 10 heteroatoms. The summed E-state index contributed by atoms with van der Waals surface area (Å²) in [6.45, 7) is 8.52. The van der Waals surface area contributed by atoms with Crippen molar-refractivity contribution in [3.63, 3.8) is 0 Å². The van der Waals surface area contributed by atoms with E-state index in [0.717, 1.165) is 18.2 Å². The van der Waals surface area contributed by atoms with Crippen molar-refractivity contribution in [2.45, 2.75) is 52.1 Å². The molecule has 0 fully saturated rings. The van der Waals surface area contributed by atoms with E-state index in [4.69, 9.17) is 25.8 Å². The highest BCUT2D eigenvalue weighted by Gasteiger charge is 2.31. The van der Waals surface area contributed by atoms with Gasteiger partial charge in [0.25, 0.3) is 0 Å². The molecule has 0 heterocycles. The monoisotopic (exact) mass is 553 g/mol. The van der Waals surface area contributed by atoms with Gasteiger partial charge in [0.15, 0.2) is 0 Å². The molecule has 38 heavy (non-hydrogen) atoms. The van der Waals surface area contributed by atoms with Crippen molar-refractivity contribution in [1.29, 1.82) is 0 Å². The van der Waals surface area contributed by atoms with Crippen molar-refractivity contribution in [2.24, 2.45) is 0 Å². The number of aliphatic carboxylic acids is 1. The maximum absolute atomic E-state index is 12.9. The summed E-state index contributed by atoms with van der Waals surface area (Å²) in [5.41, 5.74) is -0.700. The molecule has 0 spiro atoms. The first kappa shape index (κ1) is 30.8. The van der Waals surface area contributed by atoms with Crippen LogP contribution in [0.4, 0.5) is 13.2 Å². The van der Waals surface area contributed by atoms with Crippen molar-refractivity contribution < 1.29 is 37.3 Å². The first-order valence-corrected chi connectivity index (χ1v) is 12.2. The van der Waals surface area contributed by atoms with Gasteiger partial charge in [0.2, 0.25) is 12.9 Å². The minimum absolute atomic E-state index is 0.0932. The van der Waals surface area contributed by atoms with Gasteiger partial charge >= 0.3 is 12.1 Å². The SMILES string of the molecule is CC(C)NC(C)C.O=C(O)C(Oc1cccc(C(F)(F)F)c1)c1ccc(OCOc2ccc(Cl)cc2)cc1. The number of hydrogen-bond donors (Lipinski definition) is 2. The summed E-state index contributed by atoms with van der Waals surface area (Å²) in [7, 11) is 0. The molecular weight excluding hydrogens is 523 g/mol. The molecule has 2 N–H and O–H groups in total. The smallest absolute Gasteiger partial charge is 0.416 e. The van der Waals surface area contributed by atoms with Crippen LogP contribution < -0.4 is 19.5 Å². The van der Waals surface area contributed by atoms with Crippen molar-refractivity contribution in [2.75, 3.05) is 6.79 Å². The highest BCUT2D eigenvalue weighted by atomic mass is 35.5. The Morgan fingerprint density at radius 3 is 1.84 bits per heavy atom. The Morgan fingerprint density at radius 2 is 1.39 bits per heavy atom. The summed E-state index contributed by atoms with van der Waals surface area (Å²) in [6, 6.07) is 17.9. The molecule has 0 aliphatic rings. The van der Waals surface area contributed by atoms with Crippen LogP contribution in [-0.2, 0) is 11.0 Å². The molecule has 0 saturated carbocycles. The van der Waals surface area contributed by atoms with Crippen LogP contribution in [0.3, 0.4) is 0 Å². The standard InChI is InChI=1S/C22H16ClF3O5.C6H15N/c23-16-6-10-18(11-7-16)30-13-29-17-8-4-14(5-9-17)20(21(27)28)31-19-3-1-2-15(12-19)22(24,25)26;1-5(2)7-6(3)4/h1-12,20H,13H2,(H,27,28);5-7H,1-4H3. The molecule has 1 atom stereocenters. The van der Waals surface area contributed by atoms with E-state index < -0.39 is 23.8 Å². The molecule has 3 aromatic carbocycles. The van der Waals surface area contributed by atoms with E-state index in [1.165, 1.54) is 30.3 Å². The fraction of sp³-hybridized carbons (Fsp3) is 0.321. The summed E-state index contributed by atoms with van der Waals surface area (Å²) < 4.78 is 54.7. The van der Waals surface area contributed by atoms with Crippen molar-refractivity contribution in [1.82, 2.24) is 5.32 Å². The highest BCUT2D eigenvalue weighted by Crippen LogP contribution is 2.33. The zero-order chi connectivity index (χ0) is 28.3. The van der Waals surface area contributed by atoms with E-state index in [2.05, 4.69) is 33.0 Å². The highest BCUT2D eigenvalue weighted by molar-refractivity contribution is 6.30. The van der Waals surface area contributed by atoms with Crippen LogP contribution in [0.5, 0.6) is 17.2 Å². The second kappa shape index (κ2) is 14.5. The second-order valence-electron chi connectivity index (χ2n) is 8.77. The van der Waals surface area contributed by atoms with Gasteiger partial charge < -0.3 is 24.6 Å². The van der Waals surface area contributed by atoms with Crippen LogP contribution in [0.1, 0.15) is 44.9 Å². The predicted molar refractivity (Wildman–Crippen MR) is 140 cm³/mol. The number of ether oxygens (including phenoxy) is 3. The molecule has 0 aromatic heterocycles. The number of carbonyl (C=O) groups is 1. The summed E-state index contributed by atoms with van der Waals surface area (Å²) >= 11 is 5.79. The molecule has 0 saturated heterocycles. The Bertz CT molecular complexity index is 1130. The second-order valence-corrected chi connectivity index (χ2v) is 9.20. The van der Waals surface area contributed by atoms with Gasteiger partial charge in [-0.2, -0.15) is 13.2 Å². The lowest BCUT2D eigenvalue weighted by molar-refractivity contribution is -0.145. The third-order valence-electron chi connectivity index (χ3n) is 4.75. The maximum Gasteiger partial charge on any atom is 0.416 e. The number of nitrogens with one attached hydrogen (secondary N) is 1. The molecule has 0 radical (unpaired) electrons. The number of carboxylic acids is 1. The molecule has 0 amide bonds. The molecule has 3 rings (SSSR count). The van der Waals surface area contributed by atoms with E-state index in [0.29, 0.717) is 28.6 Å². The van der Waals surface area contributed by atoms with Gasteiger partial charge in [0, 0.05) is 22.7 Å². The molecule has 1 unspecified atom stereocenters. The Kier molecular flexibility index (Phi) is 11.7. The normalized spacial score (nSPS) is 11.9. The fourth-order valence-electron chi connectivity index (χ4n) is 3.24. The largest absolute Gasteiger partial charge is 0.478 e. The summed E-state index contributed by atoms with van der Waals surface area (Å²) in [4.78, 5) is 11.6. The van der Waals surface area contributed by atoms with Gasteiger partial charge in [0.05, 0.1) is 5.56 Å². The van der Waals surface area contributed by atoms with E-state index in [-0.39, 0.29) is 18.1 Å². The number of halogens is 4. The third kappa shape index (κ3) is 10.9. The van der Waals surface area contributed by atoms with Gasteiger partial charge in [-0.05, 0) is 54.6 Å². The number of benzene rings is 3. The van der Waals surface area contributed by atoms with E-state index >= 15 is 0 Å². The number of rotatable bonds is 10. The molecular formula is C28H31ClF3NO5. The first-order chi connectivity index (χ1) is 17.8. The van der Waals surface area contributed by atoms with Crippen LogP contribution in [0.25, 0.3) is 0 Å². The minimum atomic E-state index is -4.56. The van der Waals surface area contributed by atoms with Crippen molar-refractivity contribution in [3.8, 4) is 17.2 Å². The van der Waals surface area contributed by atoms with Crippen LogP contribution in [-0.4, -0.2) is 30.0 Å². The lowest BCUT2D eigenvalue weighted by Crippen LogP contribution is -2.29. The average Bonchev–Trinajstić information content (AvgIpc) is 2.83. The van der Waals surface area contributed by atoms with Crippen LogP contribution >= 0.6 is 11.6 Å². The molecule has 206 valence electrons. The molecule has 6 nitrogen and oxygen atoms in total. The summed E-state index contributed by atoms with van der Waals surface area (Å²) in [6.07, 6.45) is -6.06. The summed E-state index contributed by atoms with van der Waals surface area (Å²) in [5.74, 6) is -0.599. The number of hydrogen-bond acceptors (Lipinski definition) is 5.